The summed E-state index contributed by atoms with van der Waals surface area (Å²) >= 11 is 0. The van der Waals surface area contributed by atoms with Crippen LogP contribution in [0.2, 0.25) is 0 Å². The molecule has 0 aliphatic rings. The lowest BCUT2D eigenvalue weighted by atomic mass is 10.2. The summed E-state index contributed by atoms with van der Waals surface area (Å²) in [6, 6.07) is 7.99. The van der Waals surface area contributed by atoms with Gasteiger partial charge in [-0.05, 0) is 45.9 Å². The van der Waals surface area contributed by atoms with E-state index in [0.29, 0.717) is 13.2 Å². The van der Waals surface area contributed by atoms with Crippen molar-refractivity contribution in [1.29, 1.82) is 0 Å². The van der Waals surface area contributed by atoms with Crippen LogP contribution in [0.4, 0.5) is 5.69 Å². The third-order valence-corrected chi connectivity index (χ3v) is 4.22. The van der Waals surface area contributed by atoms with Gasteiger partial charge >= 0.3 is 0 Å². The number of carbonyl (C=O) groups excluding carboxylic acids is 1. The van der Waals surface area contributed by atoms with Crippen LogP contribution in [0.15, 0.2) is 24.3 Å². The van der Waals surface area contributed by atoms with Gasteiger partial charge in [-0.2, -0.15) is 5.10 Å². The Morgan fingerprint density at radius 1 is 1.28 bits per heavy atom. The predicted molar refractivity (Wildman–Crippen MR) is 100 cm³/mol. The number of carbonyl (C=O) groups is 1. The Kier molecular flexibility index (Phi) is 6.58. The minimum Gasteiger partial charge on any atom is -0.493 e. The number of benzene rings is 1. The molecule has 2 aromatic rings. The van der Waals surface area contributed by atoms with E-state index in [9.17, 15) is 4.79 Å². The molecule has 1 aromatic carbocycles. The summed E-state index contributed by atoms with van der Waals surface area (Å²) in [7, 11) is 3.81. The van der Waals surface area contributed by atoms with E-state index in [4.69, 9.17) is 4.74 Å². The normalized spacial score (nSPS) is 11.0. The van der Waals surface area contributed by atoms with E-state index < -0.39 is 0 Å². The molecule has 1 N–H and O–H groups in total. The number of rotatable bonds is 8. The smallest absolute Gasteiger partial charge is 0.238 e. The van der Waals surface area contributed by atoms with E-state index in [0.717, 1.165) is 41.4 Å². The van der Waals surface area contributed by atoms with E-state index in [1.54, 1.807) is 4.68 Å². The van der Waals surface area contributed by atoms with Crippen molar-refractivity contribution in [3.05, 3.63) is 41.2 Å². The lowest BCUT2D eigenvalue weighted by Crippen LogP contribution is -2.31. The van der Waals surface area contributed by atoms with Gasteiger partial charge in [0.2, 0.25) is 5.91 Å². The summed E-state index contributed by atoms with van der Waals surface area (Å²) in [5.74, 6) is 0.895. The second-order valence-corrected chi connectivity index (χ2v) is 6.42. The molecule has 0 saturated carbocycles. The average molecular weight is 344 g/mol. The van der Waals surface area contributed by atoms with Crippen molar-refractivity contribution < 1.29 is 9.53 Å². The maximum atomic E-state index is 12.2. The number of amides is 1. The molecule has 0 fully saturated rings. The molecular formula is C19H28N4O2. The monoisotopic (exact) mass is 344 g/mol. The quantitative estimate of drug-likeness (QED) is 0.748. The van der Waals surface area contributed by atoms with Crippen molar-refractivity contribution in [3.63, 3.8) is 0 Å². The molecule has 0 saturated heterocycles. The lowest BCUT2D eigenvalue weighted by molar-refractivity contribution is -0.117. The van der Waals surface area contributed by atoms with Gasteiger partial charge in [0.25, 0.3) is 0 Å². The fourth-order valence-corrected chi connectivity index (χ4v) is 2.69. The van der Waals surface area contributed by atoms with E-state index in [2.05, 4.69) is 10.4 Å². The van der Waals surface area contributed by atoms with Crippen LogP contribution in [-0.4, -0.2) is 47.3 Å². The largest absolute Gasteiger partial charge is 0.493 e. The molecule has 136 valence electrons. The van der Waals surface area contributed by atoms with Gasteiger partial charge in [-0.1, -0.05) is 18.2 Å². The highest BCUT2D eigenvalue weighted by Gasteiger charge is 2.13. The van der Waals surface area contributed by atoms with Gasteiger partial charge in [-0.25, -0.2) is 0 Å². The Morgan fingerprint density at radius 2 is 2.00 bits per heavy atom. The number of nitrogens with zero attached hydrogens (tertiary/aromatic N) is 3. The van der Waals surface area contributed by atoms with E-state index in [1.165, 1.54) is 0 Å². The van der Waals surface area contributed by atoms with Crippen molar-refractivity contribution in [1.82, 2.24) is 14.7 Å². The highest BCUT2D eigenvalue weighted by atomic mass is 16.5. The van der Waals surface area contributed by atoms with Crippen molar-refractivity contribution >= 4 is 11.6 Å². The minimum atomic E-state index is -0.0264. The highest BCUT2D eigenvalue weighted by molar-refractivity contribution is 5.93. The second kappa shape index (κ2) is 8.67. The van der Waals surface area contributed by atoms with Gasteiger partial charge in [-0.15, -0.1) is 0 Å². The lowest BCUT2D eigenvalue weighted by Gasteiger charge is -2.17. The van der Waals surface area contributed by atoms with Gasteiger partial charge in [0.1, 0.15) is 5.75 Å². The molecule has 2 rings (SSSR count). The van der Waals surface area contributed by atoms with Crippen LogP contribution in [0.25, 0.3) is 0 Å². The molecule has 0 atom stereocenters. The van der Waals surface area contributed by atoms with Gasteiger partial charge in [0, 0.05) is 13.6 Å². The van der Waals surface area contributed by atoms with Crippen LogP contribution >= 0.6 is 0 Å². The molecule has 0 bridgehead atoms. The fourth-order valence-electron chi connectivity index (χ4n) is 2.69. The average Bonchev–Trinajstić information content (AvgIpc) is 2.79. The Labute approximate surface area is 149 Å². The molecule has 1 aromatic heterocycles. The van der Waals surface area contributed by atoms with Crippen LogP contribution in [0, 0.1) is 20.8 Å². The predicted octanol–water partition coefficient (Wildman–Crippen LogP) is 2.68. The van der Waals surface area contributed by atoms with Crippen LogP contribution in [-0.2, 0) is 11.8 Å². The molecule has 0 unspecified atom stereocenters. The third-order valence-electron chi connectivity index (χ3n) is 4.22. The molecular weight excluding hydrogens is 316 g/mol. The first kappa shape index (κ1) is 19.0. The van der Waals surface area contributed by atoms with Crippen molar-refractivity contribution in [3.8, 4) is 5.75 Å². The highest BCUT2D eigenvalue weighted by Crippen LogP contribution is 2.18. The number of para-hydroxylation sites is 1. The van der Waals surface area contributed by atoms with Crippen molar-refractivity contribution in [2.45, 2.75) is 27.2 Å². The summed E-state index contributed by atoms with van der Waals surface area (Å²) in [5, 5.41) is 7.27. The van der Waals surface area contributed by atoms with Gasteiger partial charge in [0.15, 0.2) is 0 Å². The number of aryl methyl sites for hydroxylation is 3. The van der Waals surface area contributed by atoms with Crippen LogP contribution in [0.3, 0.4) is 0 Å². The van der Waals surface area contributed by atoms with Crippen LogP contribution in [0.1, 0.15) is 23.4 Å². The first-order valence-electron chi connectivity index (χ1n) is 8.55. The van der Waals surface area contributed by atoms with Crippen LogP contribution in [0.5, 0.6) is 5.75 Å². The molecule has 0 aliphatic carbocycles. The fraction of sp³-hybridized carbons (Fsp3) is 0.474. The standard InChI is InChI=1S/C19H28N4O2/c1-14-9-6-7-10-17(14)25-12-8-11-22(4)13-18(24)20-19-15(2)21-23(5)16(19)3/h6-7,9-10H,8,11-13H2,1-5H3,(H,20,24). The zero-order valence-electron chi connectivity index (χ0n) is 15.8. The van der Waals surface area contributed by atoms with E-state index in [-0.39, 0.29) is 5.91 Å². The number of hydrogen-bond acceptors (Lipinski definition) is 4. The summed E-state index contributed by atoms with van der Waals surface area (Å²) in [4.78, 5) is 14.2. The zero-order chi connectivity index (χ0) is 18.4. The Morgan fingerprint density at radius 3 is 2.64 bits per heavy atom. The second-order valence-electron chi connectivity index (χ2n) is 6.42. The Balaban J connectivity index is 1.72. The number of anilines is 1. The maximum Gasteiger partial charge on any atom is 0.238 e. The molecule has 6 nitrogen and oxygen atoms in total. The number of aromatic nitrogens is 2. The number of likely N-dealkylation sites (N-methyl/N-ethyl adjacent to an activating group) is 1. The third kappa shape index (κ3) is 5.32. The van der Waals surface area contributed by atoms with Crippen LogP contribution < -0.4 is 10.1 Å². The van der Waals surface area contributed by atoms with Gasteiger partial charge in [0.05, 0.1) is 30.2 Å². The summed E-state index contributed by atoms with van der Waals surface area (Å²) in [6.07, 6.45) is 0.864. The summed E-state index contributed by atoms with van der Waals surface area (Å²) in [6.45, 7) is 7.66. The number of nitrogens with one attached hydrogen (secondary N) is 1. The van der Waals surface area contributed by atoms with E-state index in [1.807, 2.05) is 64.0 Å². The summed E-state index contributed by atoms with van der Waals surface area (Å²) < 4.78 is 7.56. The molecule has 6 heteroatoms. The number of ether oxygens (including phenoxy) is 1. The first-order valence-corrected chi connectivity index (χ1v) is 8.55. The minimum absolute atomic E-state index is 0.0264. The maximum absolute atomic E-state index is 12.2. The molecule has 0 aliphatic heterocycles. The zero-order valence-corrected chi connectivity index (χ0v) is 15.8. The Hall–Kier alpha value is -2.34. The summed E-state index contributed by atoms with van der Waals surface area (Å²) in [5.41, 5.74) is 3.74. The van der Waals surface area contributed by atoms with Gasteiger partial charge in [-0.3, -0.25) is 14.4 Å². The first-order chi connectivity index (χ1) is 11.9. The molecule has 0 radical (unpaired) electrons. The van der Waals surface area contributed by atoms with E-state index >= 15 is 0 Å². The van der Waals surface area contributed by atoms with Crippen molar-refractivity contribution in [2.75, 3.05) is 32.1 Å². The molecule has 1 amide bonds. The molecule has 0 spiro atoms. The Bertz CT molecular complexity index is 724. The SMILES string of the molecule is Cc1ccccc1OCCCN(C)CC(=O)Nc1c(C)nn(C)c1C. The number of hydrogen-bond donors (Lipinski definition) is 1. The topological polar surface area (TPSA) is 59.4 Å². The van der Waals surface area contributed by atoms with Gasteiger partial charge < -0.3 is 10.1 Å². The molecule has 25 heavy (non-hydrogen) atoms. The molecule has 1 heterocycles. The van der Waals surface area contributed by atoms with Crippen molar-refractivity contribution in [2.24, 2.45) is 7.05 Å².